The fourth-order valence-corrected chi connectivity index (χ4v) is 1.38. The summed E-state index contributed by atoms with van der Waals surface area (Å²) < 4.78 is 0. The average Bonchev–Trinajstić information content (AvgIpc) is 2.07. The molecule has 1 heterocycles. The molecule has 0 spiro atoms. The largest absolute Gasteiger partial charge is 0.395 e. The maximum atomic E-state index is 10.6. The highest BCUT2D eigenvalue weighted by molar-refractivity contribution is 5.59. The lowest BCUT2D eigenvalue weighted by molar-refractivity contribution is -0.121. The van der Waals surface area contributed by atoms with Crippen LogP contribution in [-0.4, -0.2) is 43.0 Å². The topological polar surface area (TPSA) is 40.5 Å². The summed E-state index contributed by atoms with van der Waals surface area (Å²) >= 11 is 0. The van der Waals surface area contributed by atoms with Gasteiger partial charge in [-0.25, -0.2) is 0 Å². The van der Waals surface area contributed by atoms with Crippen molar-refractivity contribution in [1.82, 2.24) is 4.90 Å². The first-order valence-corrected chi connectivity index (χ1v) is 3.98. The lowest BCUT2D eigenvalue weighted by atomic mass is 9.81. The monoisotopic (exact) mass is 157 g/mol. The molecule has 0 aliphatic carbocycles. The van der Waals surface area contributed by atoms with Gasteiger partial charge in [-0.3, -0.25) is 0 Å². The Bertz CT molecular complexity index is 139. The molecule has 1 saturated heterocycles. The third kappa shape index (κ3) is 1.79. The van der Waals surface area contributed by atoms with Gasteiger partial charge in [0.25, 0.3) is 0 Å². The Morgan fingerprint density at radius 2 is 2.09 bits per heavy atom. The Hall–Kier alpha value is -0.410. The Kier molecular flexibility index (Phi) is 2.62. The van der Waals surface area contributed by atoms with Gasteiger partial charge >= 0.3 is 0 Å². The summed E-state index contributed by atoms with van der Waals surface area (Å²) in [5, 5.41) is 8.98. The molecule has 0 aromatic rings. The molecule has 0 unspecified atom stereocenters. The molecule has 0 radical (unpaired) electrons. The molecule has 0 bridgehead atoms. The minimum atomic E-state index is -0.424. The number of rotatable bonds is 2. The molecule has 1 fully saturated rings. The molecule has 1 aliphatic rings. The van der Waals surface area contributed by atoms with Gasteiger partial charge < -0.3 is 14.8 Å². The van der Waals surface area contributed by atoms with E-state index in [1.54, 1.807) is 0 Å². The summed E-state index contributed by atoms with van der Waals surface area (Å²) in [7, 11) is 2.03. The van der Waals surface area contributed by atoms with Crippen LogP contribution in [-0.2, 0) is 4.79 Å². The maximum absolute atomic E-state index is 10.6. The maximum Gasteiger partial charge on any atom is 0.128 e. The number of piperidine rings is 1. The van der Waals surface area contributed by atoms with Crippen molar-refractivity contribution in [2.75, 3.05) is 26.7 Å². The number of carbonyl (C=O) groups is 1. The Morgan fingerprint density at radius 3 is 2.45 bits per heavy atom. The molecule has 11 heavy (non-hydrogen) atoms. The molecule has 1 aliphatic heterocycles. The van der Waals surface area contributed by atoms with Crippen molar-refractivity contribution >= 4 is 6.29 Å². The van der Waals surface area contributed by atoms with Gasteiger partial charge in [0.05, 0.1) is 12.0 Å². The molecular weight excluding hydrogens is 142 g/mol. The lowest BCUT2D eigenvalue weighted by Crippen LogP contribution is -2.41. The fourth-order valence-electron chi connectivity index (χ4n) is 1.38. The summed E-state index contributed by atoms with van der Waals surface area (Å²) in [5.41, 5.74) is -0.424. The summed E-state index contributed by atoms with van der Waals surface area (Å²) in [4.78, 5) is 12.8. The van der Waals surface area contributed by atoms with Crippen LogP contribution in [0.2, 0.25) is 0 Å². The Balaban J connectivity index is 2.52. The molecule has 0 amide bonds. The number of hydrogen-bond donors (Lipinski definition) is 1. The van der Waals surface area contributed by atoms with E-state index in [1.807, 2.05) is 7.05 Å². The zero-order chi connectivity index (χ0) is 8.32. The van der Waals surface area contributed by atoms with Gasteiger partial charge in [-0.2, -0.15) is 0 Å². The van der Waals surface area contributed by atoms with Crippen molar-refractivity contribution in [3.05, 3.63) is 0 Å². The van der Waals surface area contributed by atoms with Gasteiger partial charge in [-0.05, 0) is 33.0 Å². The number of carbonyl (C=O) groups excluding carboxylic acids is 1. The van der Waals surface area contributed by atoms with Crippen LogP contribution in [0.3, 0.4) is 0 Å². The van der Waals surface area contributed by atoms with Crippen LogP contribution in [0.4, 0.5) is 0 Å². The standard InChI is InChI=1S/C8H15NO2/c1-9-4-2-8(6-10,7-11)3-5-9/h6,11H,2-5,7H2,1H3. The molecule has 3 nitrogen and oxygen atoms in total. The minimum absolute atomic E-state index is 0.00431. The molecule has 0 aromatic carbocycles. The first kappa shape index (κ1) is 8.68. The van der Waals surface area contributed by atoms with Crippen molar-refractivity contribution in [3.63, 3.8) is 0 Å². The van der Waals surface area contributed by atoms with E-state index in [0.29, 0.717) is 0 Å². The normalized spacial score (nSPS) is 24.9. The van der Waals surface area contributed by atoms with Gasteiger partial charge in [0.15, 0.2) is 0 Å². The summed E-state index contributed by atoms with van der Waals surface area (Å²) in [6, 6.07) is 0. The fraction of sp³-hybridized carbons (Fsp3) is 0.875. The molecule has 0 saturated carbocycles. The summed E-state index contributed by atoms with van der Waals surface area (Å²) in [6.45, 7) is 1.84. The molecule has 1 N–H and O–H groups in total. The molecule has 1 rings (SSSR count). The number of aldehydes is 1. The highest BCUT2D eigenvalue weighted by Gasteiger charge is 2.32. The van der Waals surface area contributed by atoms with Crippen LogP contribution in [0.1, 0.15) is 12.8 Å². The van der Waals surface area contributed by atoms with E-state index in [1.165, 1.54) is 0 Å². The van der Waals surface area contributed by atoms with Gasteiger partial charge in [-0.15, -0.1) is 0 Å². The van der Waals surface area contributed by atoms with Crippen LogP contribution >= 0.6 is 0 Å². The highest BCUT2D eigenvalue weighted by Crippen LogP contribution is 2.27. The van der Waals surface area contributed by atoms with Crippen molar-refractivity contribution in [1.29, 1.82) is 0 Å². The second-order valence-corrected chi connectivity index (χ2v) is 3.44. The average molecular weight is 157 g/mol. The SMILES string of the molecule is CN1CCC(C=O)(CO)CC1. The smallest absolute Gasteiger partial charge is 0.128 e. The number of likely N-dealkylation sites (tertiary alicyclic amines) is 1. The second-order valence-electron chi connectivity index (χ2n) is 3.44. The highest BCUT2D eigenvalue weighted by atomic mass is 16.3. The lowest BCUT2D eigenvalue weighted by Gasteiger charge is -2.34. The quantitative estimate of drug-likeness (QED) is 0.568. The van der Waals surface area contributed by atoms with Crippen LogP contribution in [0.25, 0.3) is 0 Å². The van der Waals surface area contributed by atoms with E-state index < -0.39 is 5.41 Å². The van der Waals surface area contributed by atoms with Crippen LogP contribution in [0.15, 0.2) is 0 Å². The second kappa shape index (κ2) is 3.32. The Labute approximate surface area is 67.0 Å². The van der Waals surface area contributed by atoms with Gasteiger partial charge in [0, 0.05) is 0 Å². The molecule has 0 atom stereocenters. The van der Waals surface area contributed by atoms with Crippen LogP contribution in [0, 0.1) is 5.41 Å². The van der Waals surface area contributed by atoms with Gasteiger partial charge in [-0.1, -0.05) is 0 Å². The third-order valence-electron chi connectivity index (χ3n) is 2.55. The summed E-state index contributed by atoms with van der Waals surface area (Å²) in [6.07, 6.45) is 2.51. The van der Waals surface area contributed by atoms with E-state index in [9.17, 15) is 4.79 Å². The number of hydrogen-bond acceptors (Lipinski definition) is 3. The first-order valence-electron chi connectivity index (χ1n) is 3.98. The zero-order valence-electron chi connectivity index (χ0n) is 6.92. The van der Waals surface area contributed by atoms with Crippen molar-refractivity contribution in [2.24, 2.45) is 5.41 Å². The predicted molar refractivity (Wildman–Crippen MR) is 42.3 cm³/mol. The van der Waals surface area contributed by atoms with E-state index in [2.05, 4.69) is 4.90 Å². The van der Waals surface area contributed by atoms with Crippen molar-refractivity contribution in [3.8, 4) is 0 Å². The number of aliphatic hydroxyl groups excluding tert-OH is 1. The van der Waals surface area contributed by atoms with Crippen molar-refractivity contribution in [2.45, 2.75) is 12.8 Å². The number of nitrogens with zero attached hydrogens (tertiary/aromatic N) is 1. The molecular formula is C8H15NO2. The van der Waals surface area contributed by atoms with Gasteiger partial charge in [0.1, 0.15) is 6.29 Å². The minimum Gasteiger partial charge on any atom is -0.395 e. The van der Waals surface area contributed by atoms with E-state index >= 15 is 0 Å². The van der Waals surface area contributed by atoms with Crippen LogP contribution < -0.4 is 0 Å². The van der Waals surface area contributed by atoms with Crippen LogP contribution in [0.5, 0.6) is 0 Å². The van der Waals surface area contributed by atoms with Crippen molar-refractivity contribution < 1.29 is 9.90 Å². The third-order valence-corrected chi connectivity index (χ3v) is 2.55. The molecule has 64 valence electrons. The molecule has 3 heteroatoms. The van der Waals surface area contributed by atoms with Gasteiger partial charge in [0.2, 0.25) is 0 Å². The predicted octanol–water partition coefficient (Wildman–Crippen LogP) is -0.110. The first-order chi connectivity index (χ1) is 5.22. The zero-order valence-corrected chi connectivity index (χ0v) is 6.92. The molecule has 0 aromatic heterocycles. The Morgan fingerprint density at radius 1 is 1.55 bits per heavy atom. The van der Waals surface area contributed by atoms with E-state index in [-0.39, 0.29) is 6.61 Å². The van der Waals surface area contributed by atoms with E-state index in [0.717, 1.165) is 32.2 Å². The van der Waals surface area contributed by atoms with E-state index in [4.69, 9.17) is 5.11 Å². The summed E-state index contributed by atoms with van der Waals surface area (Å²) in [5.74, 6) is 0. The number of aliphatic hydroxyl groups is 1.